The summed E-state index contributed by atoms with van der Waals surface area (Å²) in [5.41, 5.74) is 5.30. The van der Waals surface area contributed by atoms with Crippen LogP contribution in [0.25, 0.3) is 0 Å². The molecule has 3 nitrogen and oxygen atoms in total. The van der Waals surface area contributed by atoms with Crippen LogP contribution in [-0.4, -0.2) is 6.21 Å². The van der Waals surface area contributed by atoms with Crippen molar-refractivity contribution in [1.82, 2.24) is 0 Å². The number of nitrogens with one attached hydrogen (secondary N) is 1. The van der Waals surface area contributed by atoms with E-state index in [-0.39, 0.29) is 12.4 Å². The summed E-state index contributed by atoms with van der Waals surface area (Å²) in [7, 11) is 0. The molecule has 0 saturated heterocycles. The van der Waals surface area contributed by atoms with Crippen molar-refractivity contribution >= 4 is 23.5 Å². The van der Waals surface area contributed by atoms with Gasteiger partial charge in [0.05, 0.1) is 11.9 Å². The molecular weight excluding hydrogens is 339 g/mol. The third-order valence-electron chi connectivity index (χ3n) is 3.44. The highest BCUT2D eigenvalue weighted by molar-refractivity contribution is 6.30. The Balaban J connectivity index is 1.59. The van der Waals surface area contributed by atoms with Crippen LogP contribution in [0.15, 0.2) is 77.9 Å². The van der Waals surface area contributed by atoms with Crippen molar-refractivity contribution in [1.29, 1.82) is 0 Å². The van der Waals surface area contributed by atoms with Crippen molar-refractivity contribution in [2.45, 2.75) is 6.61 Å². The van der Waals surface area contributed by atoms with Gasteiger partial charge in [-0.2, -0.15) is 5.10 Å². The number of halogens is 2. The minimum atomic E-state index is -0.433. The Morgan fingerprint density at radius 3 is 2.48 bits per heavy atom. The summed E-state index contributed by atoms with van der Waals surface area (Å²) in [6.45, 7) is 0.275. The van der Waals surface area contributed by atoms with E-state index in [1.54, 1.807) is 30.5 Å². The fourth-order valence-electron chi connectivity index (χ4n) is 2.15. The second-order valence-corrected chi connectivity index (χ2v) is 5.78. The van der Waals surface area contributed by atoms with Crippen LogP contribution in [0.5, 0.6) is 5.75 Å². The highest BCUT2D eigenvalue weighted by atomic mass is 35.5. The molecule has 0 bridgehead atoms. The molecule has 25 heavy (non-hydrogen) atoms. The molecule has 0 unspecified atom stereocenters. The van der Waals surface area contributed by atoms with Crippen LogP contribution in [0.3, 0.4) is 0 Å². The van der Waals surface area contributed by atoms with Crippen molar-refractivity contribution in [2.24, 2.45) is 5.10 Å². The molecule has 0 atom stereocenters. The first-order valence-corrected chi connectivity index (χ1v) is 8.09. The maximum atomic E-state index is 14.1. The van der Waals surface area contributed by atoms with E-state index in [1.807, 2.05) is 42.5 Å². The molecule has 0 saturated carbocycles. The highest BCUT2D eigenvalue weighted by Crippen LogP contribution is 2.20. The van der Waals surface area contributed by atoms with E-state index >= 15 is 0 Å². The molecule has 0 heterocycles. The fourth-order valence-corrected chi connectivity index (χ4v) is 2.28. The van der Waals surface area contributed by atoms with Crippen molar-refractivity contribution in [3.63, 3.8) is 0 Å². The summed E-state index contributed by atoms with van der Waals surface area (Å²) >= 11 is 5.83. The van der Waals surface area contributed by atoms with Gasteiger partial charge in [0.1, 0.15) is 6.61 Å². The van der Waals surface area contributed by atoms with Gasteiger partial charge in [-0.15, -0.1) is 0 Å². The number of benzene rings is 3. The number of nitrogens with zero attached hydrogens (tertiary/aromatic N) is 1. The standard InChI is InChI=1S/C20H16ClFN2O/c21-17-9-6-15(7-10-17)14-25-20-11-8-16(12-19(20)22)13-23-24-18-4-2-1-3-5-18/h1-13,24H,14H2. The van der Waals surface area contributed by atoms with E-state index in [4.69, 9.17) is 16.3 Å². The van der Waals surface area contributed by atoms with Crippen molar-refractivity contribution in [3.05, 3.63) is 94.8 Å². The lowest BCUT2D eigenvalue weighted by molar-refractivity contribution is 0.290. The van der Waals surface area contributed by atoms with Gasteiger partial charge >= 0.3 is 0 Å². The largest absolute Gasteiger partial charge is 0.486 e. The topological polar surface area (TPSA) is 33.6 Å². The molecule has 0 aromatic heterocycles. The Hall–Kier alpha value is -2.85. The SMILES string of the molecule is Fc1cc(C=NNc2ccccc2)ccc1OCc1ccc(Cl)cc1. The highest BCUT2D eigenvalue weighted by Gasteiger charge is 2.04. The number of hydrogen-bond donors (Lipinski definition) is 1. The lowest BCUT2D eigenvalue weighted by Gasteiger charge is -2.08. The van der Waals surface area contributed by atoms with E-state index in [9.17, 15) is 4.39 Å². The third-order valence-corrected chi connectivity index (χ3v) is 3.70. The van der Waals surface area contributed by atoms with Crippen LogP contribution in [0, 0.1) is 5.82 Å². The summed E-state index contributed by atoms with van der Waals surface area (Å²) in [5.74, 6) is -0.235. The van der Waals surface area contributed by atoms with E-state index in [2.05, 4.69) is 10.5 Å². The van der Waals surface area contributed by atoms with Gasteiger partial charge in [-0.3, -0.25) is 5.43 Å². The van der Waals surface area contributed by atoms with Crippen LogP contribution in [0.1, 0.15) is 11.1 Å². The monoisotopic (exact) mass is 354 g/mol. The molecule has 3 aromatic carbocycles. The molecule has 0 aliphatic heterocycles. The lowest BCUT2D eigenvalue weighted by atomic mass is 10.2. The van der Waals surface area contributed by atoms with Gasteiger partial charge < -0.3 is 4.74 Å². The van der Waals surface area contributed by atoms with E-state index in [0.717, 1.165) is 11.3 Å². The second-order valence-electron chi connectivity index (χ2n) is 5.34. The van der Waals surface area contributed by atoms with Crippen molar-refractivity contribution < 1.29 is 9.13 Å². The number of hydrazone groups is 1. The minimum Gasteiger partial charge on any atom is -0.486 e. The predicted molar refractivity (Wildman–Crippen MR) is 99.8 cm³/mol. The maximum Gasteiger partial charge on any atom is 0.165 e. The Kier molecular flexibility index (Phi) is 5.65. The summed E-state index contributed by atoms with van der Waals surface area (Å²) in [6, 6.07) is 21.5. The van der Waals surface area contributed by atoms with Gasteiger partial charge in [-0.1, -0.05) is 41.9 Å². The third kappa shape index (κ3) is 5.06. The molecule has 1 N–H and O–H groups in total. The Morgan fingerprint density at radius 1 is 1.00 bits per heavy atom. The summed E-state index contributed by atoms with van der Waals surface area (Å²) in [6.07, 6.45) is 1.55. The van der Waals surface area contributed by atoms with E-state index < -0.39 is 5.82 Å². The quantitative estimate of drug-likeness (QED) is 0.468. The predicted octanol–water partition coefficient (Wildman–Crippen LogP) is 5.50. The smallest absolute Gasteiger partial charge is 0.165 e. The molecule has 0 radical (unpaired) electrons. The zero-order chi connectivity index (χ0) is 17.5. The second kappa shape index (κ2) is 8.31. The number of para-hydroxylation sites is 1. The lowest BCUT2D eigenvalue weighted by Crippen LogP contribution is -1.98. The molecule has 3 aromatic rings. The van der Waals surface area contributed by atoms with Gasteiger partial charge in [0.2, 0.25) is 0 Å². The Bertz CT molecular complexity index is 851. The first-order valence-electron chi connectivity index (χ1n) is 7.71. The minimum absolute atomic E-state index is 0.197. The summed E-state index contributed by atoms with van der Waals surface area (Å²) in [4.78, 5) is 0. The van der Waals surface area contributed by atoms with Gasteiger partial charge in [0.15, 0.2) is 11.6 Å². The van der Waals surface area contributed by atoms with Crippen LogP contribution in [0.2, 0.25) is 5.02 Å². The molecule has 0 aliphatic carbocycles. The van der Waals surface area contributed by atoms with Crippen molar-refractivity contribution in [3.8, 4) is 5.75 Å². The van der Waals surface area contributed by atoms with Crippen LogP contribution in [0.4, 0.5) is 10.1 Å². The fraction of sp³-hybridized carbons (Fsp3) is 0.0500. The normalized spacial score (nSPS) is 10.8. The van der Waals surface area contributed by atoms with Crippen molar-refractivity contribution in [2.75, 3.05) is 5.43 Å². The average molecular weight is 355 g/mol. The molecule has 3 rings (SSSR count). The maximum absolute atomic E-state index is 14.1. The van der Waals surface area contributed by atoms with Gasteiger partial charge in [-0.25, -0.2) is 4.39 Å². The van der Waals surface area contributed by atoms with E-state index in [1.165, 1.54) is 6.07 Å². The van der Waals surface area contributed by atoms with Crippen LogP contribution >= 0.6 is 11.6 Å². The Morgan fingerprint density at radius 2 is 1.76 bits per heavy atom. The first kappa shape index (κ1) is 17.0. The average Bonchev–Trinajstić information content (AvgIpc) is 2.63. The number of hydrogen-bond acceptors (Lipinski definition) is 3. The molecule has 0 amide bonds. The number of ether oxygens (including phenoxy) is 1. The van der Waals surface area contributed by atoms with E-state index in [0.29, 0.717) is 10.6 Å². The van der Waals surface area contributed by atoms with Gasteiger partial charge in [0.25, 0.3) is 0 Å². The molecular formula is C20H16ClFN2O. The Labute approximate surface area is 150 Å². The summed E-state index contributed by atoms with van der Waals surface area (Å²) in [5, 5.41) is 4.74. The number of rotatable bonds is 6. The summed E-state index contributed by atoms with van der Waals surface area (Å²) < 4.78 is 19.7. The molecule has 126 valence electrons. The van der Waals surface area contributed by atoms with Crippen LogP contribution in [-0.2, 0) is 6.61 Å². The number of anilines is 1. The zero-order valence-corrected chi connectivity index (χ0v) is 14.1. The molecule has 0 fully saturated rings. The first-order chi connectivity index (χ1) is 12.2. The zero-order valence-electron chi connectivity index (χ0n) is 13.3. The van der Waals surface area contributed by atoms with Gasteiger partial charge in [0, 0.05) is 5.02 Å². The molecule has 5 heteroatoms. The molecule has 0 aliphatic rings. The molecule has 0 spiro atoms. The van der Waals surface area contributed by atoms with Gasteiger partial charge in [-0.05, 0) is 53.6 Å². The van der Waals surface area contributed by atoms with Crippen LogP contribution < -0.4 is 10.2 Å².